The molecule has 0 aliphatic heterocycles. The predicted octanol–water partition coefficient (Wildman–Crippen LogP) is 1.30. The summed E-state index contributed by atoms with van der Waals surface area (Å²) in [6.45, 7) is 2.41. The lowest BCUT2D eigenvalue weighted by Crippen LogP contribution is -1.97. The average molecular weight is 181 g/mol. The van der Waals surface area contributed by atoms with Crippen LogP contribution in [0, 0.1) is 0 Å². The molecule has 70 valence electrons. The fourth-order valence-electron chi connectivity index (χ4n) is 0.927. The third-order valence-corrected chi connectivity index (χ3v) is 1.49. The number of carbonyl (C=O) groups excluding carboxylic acids is 1. The summed E-state index contributed by atoms with van der Waals surface area (Å²) in [6, 6.07) is 1.54. The van der Waals surface area contributed by atoms with Crippen molar-refractivity contribution in [2.45, 2.75) is 6.92 Å². The first kappa shape index (κ1) is 9.51. The van der Waals surface area contributed by atoms with Gasteiger partial charge in [-0.1, -0.05) is 0 Å². The van der Waals surface area contributed by atoms with Crippen LogP contribution in [0.3, 0.4) is 0 Å². The first-order valence-electron chi connectivity index (χ1n) is 3.93. The Morgan fingerprint density at radius 2 is 2.31 bits per heavy atom. The van der Waals surface area contributed by atoms with Crippen LogP contribution in [-0.4, -0.2) is 25.0 Å². The number of rotatable bonds is 4. The zero-order valence-electron chi connectivity index (χ0n) is 7.61. The van der Waals surface area contributed by atoms with E-state index in [4.69, 9.17) is 9.47 Å². The molecule has 0 saturated carbocycles. The van der Waals surface area contributed by atoms with Gasteiger partial charge in [-0.3, -0.25) is 4.79 Å². The second-order valence-electron chi connectivity index (χ2n) is 2.31. The first-order chi connectivity index (χ1) is 6.31. The maximum atomic E-state index is 10.4. The van der Waals surface area contributed by atoms with Crippen molar-refractivity contribution in [2.75, 3.05) is 13.7 Å². The number of aldehydes is 1. The van der Waals surface area contributed by atoms with E-state index < -0.39 is 0 Å². The van der Waals surface area contributed by atoms with Gasteiger partial charge in [0.15, 0.2) is 17.8 Å². The highest BCUT2D eigenvalue weighted by molar-refractivity contribution is 5.73. The monoisotopic (exact) mass is 181 g/mol. The molecule has 1 heterocycles. The summed E-state index contributed by atoms with van der Waals surface area (Å²) in [6.07, 6.45) is 2.14. The van der Waals surface area contributed by atoms with Crippen LogP contribution >= 0.6 is 0 Å². The van der Waals surface area contributed by atoms with Crippen LogP contribution in [0.15, 0.2) is 12.3 Å². The van der Waals surface area contributed by atoms with E-state index in [0.29, 0.717) is 30.1 Å². The van der Waals surface area contributed by atoms with E-state index in [1.54, 1.807) is 0 Å². The Bertz CT molecular complexity index is 299. The average Bonchev–Trinajstić information content (AvgIpc) is 2.19. The zero-order valence-corrected chi connectivity index (χ0v) is 7.61. The summed E-state index contributed by atoms with van der Waals surface area (Å²) in [7, 11) is 1.52. The molecule has 0 fully saturated rings. The van der Waals surface area contributed by atoms with Gasteiger partial charge in [-0.15, -0.1) is 0 Å². The highest BCUT2D eigenvalue weighted by Crippen LogP contribution is 2.25. The lowest BCUT2D eigenvalue weighted by atomic mass is 10.3. The van der Waals surface area contributed by atoms with Crippen LogP contribution < -0.4 is 9.47 Å². The fraction of sp³-hybridized carbons (Fsp3) is 0.333. The van der Waals surface area contributed by atoms with Crippen molar-refractivity contribution < 1.29 is 14.3 Å². The molecule has 0 N–H and O–H groups in total. The molecule has 0 atom stereocenters. The molecule has 4 heteroatoms. The van der Waals surface area contributed by atoms with Gasteiger partial charge in [0.1, 0.15) is 5.69 Å². The molecule has 0 saturated heterocycles. The molecule has 1 aromatic heterocycles. The van der Waals surface area contributed by atoms with E-state index >= 15 is 0 Å². The van der Waals surface area contributed by atoms with Crippen LogP contribution in [0.2, 0.25) is 0 Å². The number of methoxy groups -OCH3 is 1. The molecule has 1 aromatic rings. The highest BCUT2D eigenvalue weighted by Gasteiger charge is 2.05. The van der Waals surface area contributed by atoms with Crippen LogP contribution in [0.25, 0.3) is 0 Å². The fourth-order valence-corrected chi connectivity index (χ4v) is 0.927. The Labute approximate surface area is 76.5 Å². The zero-order chi connectivity index (χ0) is 9.68. The minimum atomic E-state index is 0.334. The quantitative estimate of drug-likeness (QED) is 0.657. The number of ether oxygens (including phenoxy) is 2. The van der Waals surface area contributed by atoms with Crippen molar-refractivity contribution in [1.29, 1.82) is 0 Å². The molecule has 0 amide bonds. The molecule has 0 spiro atoms. The molecular formula is C9H11NO3. The van der Waals surface area contributed by atoms with Crippen molar-refractivity contribution in [3.8, 4) is 11.5 Å². The number of nitrogens with zero attached hydrogens (tertiary/aromatic N) is 1. The van der Waals surface area contributed by atoms with E-state index in [-0.39, 0.29) is 0 Å². The lowest BCUT2D eigenvalue weighted by molar-refractivity contribution is 0.111. The lowest BCUT2D eigenvalue weighted by Gasteiger charge is -2.07. The van der Waals surface area contributed by atoms with Crippen molar-refractivity contribution in [2.24, 2.45) is 0 Å². The summed E-state index contributed by atoms with van der Waals surface area (Å²) in [4.78, 5) is 14.2. The maximum absolute atomic E-state index is 10.4. The first-order valence-corrected chi connectivity index (χ1v) is 3.93. The number of pyridine rings is 1. The molecule has 0 aliphatic rings. The molecule has 0 bridgehead atoms. The number of hydrogen-bond donors (Lipinski definition) is 0. The second kappa shape index (κ2) is 4.45. The summed E-state index contributed by atoms with van der Waals surface area (Å²) in [5, 5.41) is 0. The van der Waals surface area contributed by atoms with E-state index in [9.17, 15) is 4.79 Å². The number of hydrogen-bond acceptors (Lipinski definition) is 4. The van der Waals surface area contributed by atoms with E-state index in [1.807, 2.05) is 6.92 Å². The smallest absolute Gasteiger partial charge is 0.179 e. The Kier molecular flexibility index (Phi) is 3.25. The maximum Gasteiger partial charge on any atom is 0.179 e. The Morgan fingerprint density at radius 3 is 2.85 bits per heavy atom. The van der Waals surface area contributed by atoms with Crippen LogP contribution in [-0.2, 0) is 0 Å². The van der Waals surface area contributed by atoms with Gasteiger partial charge in [0.05, 0.1) is 19.9 Å². The molecule has 0 aliphatic carbocycles. The normalized spacial score (nSPS) is 9.38. The molecule has 0 radical (unpaired) electrons. The van der Waals surface area contributed by atoms with E-state index in [2.05, 4.69) is 4.98 Å². The molecule has 13 heavy (non-hydrogen) atoms. The van der Waals surface area contributed by atoms with E-state index in [0.717, 1.165) is 0 Å². The van der Waals surface area contributed by atoms with Crippen LogP contribution in [0.1, 0.15) is 17.4 Å². The summed E-state index contributed by atoms with van der Waals surface area (Å²) in [5.74, 6) is 1.08. The Hall–Kier alpha value is -1.58. The SMILES string of the molecule is CCOc1cnc(C=O)cc1OC. The molecule has 1 rings (SSSR count). The number of aromatic nitrogens is 1. The van der Waals surface area contributed by atoms with Gasteiger partial charge >= 0.3 is 0 Å². The third-order valence-electron chi connectivity index (χ3n) is 1.49. The summed E-state index contributed by atoms with van der Waals surface area (Å²) in [5.41, 5.74) is 0.334. The Balaban J connectivity index is 3.00. The standard InChI is InChI=1S/C9H11NO3/c1-3-13-9-5-10-7(6-11)4-8(9)12-2/h4-6H,3H2,1-2H3. The van der Waals surface area contributed by atoms with Gasteiger partial charge in [0, 0.05) is 6.07 Å². The largest absolute Gasteiger partial charge is 0.493 e. The van der Waals surface area contributed by atoms with Crippen LogP contribution in [0.4, 0.5) is 0 Å². The summed E-state index contributed by atoms with van der Waals surface area (Å²) >= 11 is 0. The molecule has 0 aromatic carbocycles. The van der Waals surface area contributed by atoms with Gasteiger partial charge in [-0.2, -0.15) is 0 Å². The van der Waals surface area contributed by atoms with Gasteiger partial charge in [-0.25, -0.2) is 4.98 Å². The predicted molar refractivity (Wildman–Crippen MR) is 47.3 cm³/mol. The van der Waals surface area contributed by atoms with Gasteiger partial charge in [0.2, 0.25) is 0 Å². The van der Waals surface area contributed by atoms with Crippen molar-refractivity contribution in [1.82, 2.24) is 4.98 Å². The van der Waals surface area contributed by atoms with Crippen molar-refractivity contribution in [3.05, 3.63) is 18.0 Å². The van der Waals surface area contributed by atoms with Crippen molar-refractivity contribution in [3.63, 3.8) is 0 Å². The minimum Gasteiger partial charge on any atom is -0.493 e. The van der Waals surface area contributed by atoms with Gasteiger partial charge < -0.3 is 9.47 Å². The number of carbonyl (C=O) groups is 1. The van der Waals surface area contributed by atoms with E-state index in [1.165, 1.54) is 19.4 Å². The molecule has 4 nitrogen and oxygen atoms in total. The molecule has 0 unspecified atom stereocenters. The topological polar surface area (TPSA) is 48.4 Å². The third kappa shape index (κ3) is 2.18. The summed E-state index contributed by atoms with van der Waals surface area (Å²) < 4.78 is 10.2. The van der Waals surface area contributed by atoms with Gasteiger partial charge in [0.25, 0.3) is 0 Å². The second-order valence-corrected chi connectivity index (χ2v) is 2.31. The van der Waals surface area contributed by atoms with Crippen molar-refractivity contribution >= 4 is 6.29 Å². The Morgan fingerprint density at radius 1 is 1.54 bits per heavy atom. The highest BCUT2D eigenvalue weighted by atomic mass is 16.5. The van der Waals surface area contributed by atoms with Gasteiger partial charge in [-0.05, 0) is 6.92 Å². The molecular weight excluding hydrogens is 170 g/mol. The van der Waals surface area contributed by atoms with Crippen LogP contribution in [0.5, 0.6) is 11.5 Å². The minimum absolute atomic E-state index is 0.334.